The third-order valence-corrected chi connectivity index (χ3v) is 7.18. The molecule has 1 aliphatic rings. The molecule has 4 aromatic rings. The van der Waals surface area contributed by atoms with Crippen LogP contribution in [-0.2, 0) is 7.05 Å². The van der Waals surface area contributed by atoms with Gasteiger partial charge in [-0.1, -0.05) is 18.2 Å². The van der Waals surface area contributed by atoms with E-state index >= 15 is 0 Å². The number of rotatable bonds is 6. The van der Waals surface area contributed by atoms with E-state index in [0.29, 0.717) is 5.69 Å². The maximum absolute atomic E-state index is 9.94. The lowest BCUT2D eigenvalue weighted by molar-refractivity contribution is 0.223. The molecule has 1 unspecified atom stereocenters. The molecule has 3 heterocycles. The van der Waals surface area contributed by atoms with Gasteiger partial charge in [-0.3, -0.25) is 9.82 Å². The van der Waals surface area contributed by atoms with Crippen LogP contribution < -0.4 is 19.7 Å². The average Bonchev–Trinajstić information content (AvgIpc) is 3.34. The number of pyridine rings is 1. The zero-order valence-corrected chi connectivity index (χ0v) is 21.5. The first-order valence-corrected chi connectivity index (χ1v) is 12.8. The van der Waals surface area contributed by atoms with Gasteiger partial charge in [-0.2, -0.15) is 10.4 Å². The summed E-state index contributed by atoms with van der Waals surface area (Å²) in [6.45, 7) is 7.37. The Morgan fingerprint density at radius 3 is 2.56 bits per heavy atom. The third kappa shape index (κ3) is 4.70. The van der Waals surface area contributed by atoms with Crippen molar-refractivity contribution < 1.29 is 4.74 Å². The smallest absolute Gasteiger partial charge is 0.164 e. The molecule has 1 fully saturated rings. The van der Waals surface area contributed by atoms with Crippen molar-refractivity contribution in [3.8, 4) is 11.8 Å². The topological polar surface area (TPSA) is 96.2 Å². The highest BCUT2D eigenvalue weighted by molar-refractivity contribution is 7.97. The zero-order chi connectivity index (χ0) is 25.2. The molecule has 0 aliphatic carbocycles. The molecule has 1 atom stereocenters. The van der Waals surface area contributed by atoms with Crippen LogP contribution in [0.5, 0.6) is 5.75 Å². The number of hydrogen-bond acceptors (Lipinski definition) is 8. The number of aryl methyl sites for hydroxylation is 2. The molecule has 8 nitrogen and oxygen atoms in total. The fraction of sp³-hybridized carbons (Fsp3) is 0.296. The predicted octanol–water partition coefficient (Wildman–Crippen LogP) is 4.58. The van der Waals surface area contributed by atoms with Crippen LogP contribution in [0.4, 0.5) is 11.4 Å². The molecular weight excluding hydrogens is 470 g/mol. The minimum atomic E-state index is -0.231. The largest absolute Gasteiger partial charge is 0.485 e. The normalized spacial score (nSPS) is 14.6. The quantitative estimate of drug-likeness (QED) is 0.385. The highest BCUT2D eigenvalue weighted by Crippen LogP contribution is 2.35. The highest BCUT2D eigenvalue weighted by atomic mass is 32.2. The Bertz CT molecular complexity index is 1440. The Morgan fingerprint density at radius 2 is 1.86 bits per heavy atom. The maximum Gasteiger partial charge on any atom is 0.164 e. The molecule has 0 amide bonds. The number of ether oxygens (including phenoxy) is 1. The van der Waals surface area contributed by atoms with Gasteiger partial charge in [0.1, 0.15) is 17.9 Å². The molecule has 0 bridgehead atoms. The Kier molecular flexibility index (Phi) is 6.72. The number of nitriles is 1. The molecule has 1 saturated heterocycles. The number of nitrogens with zero attached hydrogens (tertiary/aromatic N) is 6. The summed E-state index contributed by atoms with van der Waals surface area (Å²) in [7, 11) is 1.93. The second-order valence-corrected chi connectivity index (χ2v) is 9.74. The standard InChI is InChI=1S/C27H29N7OS/c1-18-12-21(19(2)35-26-6-4-5-7-27(26)36-29)22-14-25(24(15-28)31-23(22)13-18)34-10-8-33(9-11-34)20-16-30-32(3)17-20/h4-7,12-14,16-17,19H,8-11,29H2,1-3H3. The van der Waals surface area contributed by atoms with Crippen molar-refractivity contribution in [3.63, 3.8) is 0 Å². The van der Waals surface area contributed by atoms with E-state index in [0.717, 1.165) is 70.2 Å². The molecule has 5 rings (SSSR count). The predicted molar refractivity (Wildman–Crippen MR) is 144 cm³/mol. The Hall–Kier alpha value is -3.74. The number of anilines is 2. The molecule has 0 radical (unpaired) electrons. The van der Waals surface area contributed by atoms with E-state index in [4.69, 9.17) is 14.9 Å². The Balaban J connectivity index is 1.47. The molecule has 0 spiro atoms. The van der Waals surface area contributed by atoms with Crippen molar-refractivity contribution in [3.05, 3.63) is 71.7 Å². The third-order valence-electron chi connectivity index (χ3n) is 6.59. The van der Waals surface area contributed by atoms with Gasteiger partial charge in [0.05, 0.1) is 28.0 Å². The van der Waals surface area contributed by atoms with Gasteiger partial charge in [-0.15, -0.1) is 0 Å². The number of nitrogens with two attached hydrogens (primary N) is 1. The summed E-state index contributed by atoms with van der Waals surface area (Å²) < 4.78 is 8.19. The van der Waals surface area contributed by atoms with Gasteiger partial charge in [-0.05, 0) is 55.6 Å². The molecule has 0 saturated carbocycles. The van der Waals surface area contributed by atoms with Gasteiger partial charge in [0, 0.05) is 50.4 Å². The first-order valence-electron chi connectivity index (χ1n) is 11.9. The van der Waals surface area contributed by atoms with Gasteiger partial charge in [-0.25, -0.2) is 4.98 Å². The van der Waals surface area contributed by atoms with Gasteiger partial charge in [0.25, 0.3) is 0 Å². The number of para-hydroxylation sites is 1. The Morgan fingerprint density at radius 1 is 1.11 bits per heavy atom. The van der Waals surface area contributed by atoms with Crippen molar-refractivity contribution in [2.45, 2.75) is 24.8 Å². The van der Waals surface area contributed by atoms with Crippen LogP contribution in [0.15, 0.2) is 59.8 Å². The second kappa shape index (κ2) is 10.1. The highest BCUT2D eigenvalue weighted by Gasteiger charge is 2.23. The molecule has 9 heteroatoms. The first-order chi connectivity index (χ1) is 17.5. The minimum absolute atomic E-state index is 0.231. The zero-order valence-electron chi connectivity index (χ0n) is 20.7. The monoisotopic (exact) mass is 499 g/mol. The van der Waals surface area contributed by atoms with E-state index in [-0.39, 0.29) is 6.10 Å². The van der Waals surface area contributed by atoms with Crippen LogP contribution in [-0.4, -0.2) is 40.9 Å². The molecular formula is C27H29N7OS. The lowest BCUT2D eigenvalue weighted by atomic mass is 9.99. The number of hydrogen-bond donors (Lipinski definition) is 1. The maximum atomic E-state index is 9.94. The fourth-order valence-corrected chi connectivity index (χ4v) is 5.16. The fourth-order valence-electron chi connectivity index (χ4n) is 4.77. The number of piperazine rings is 1. The molecule has 184 valence electrons. The summed E-state index contributed by atoms with van der Waals surface area (Å²) in [6.07, 6.45) is 3.70. The van der Waals surface area contributed by atoms with Crippen LogP contribution >= 0.6 is 11.9 Å². The van der Waals surface area contributed by atoms with Crippen LogP contribution in [0.1, 0.15) is 29.8 Å². The summed E-state index contributed by atoms with van der Waals surface area (Å²) in [5, 5.41) is 21.1. The summed E-state index contributed by atoms with van der Waals surface area (Å²) in [6, 6.07) is 16.4. The van der Waals surface area contributed by atoms with Crippen molar-refractivity contribution in [2.75, 3.05) is 36.0 Å². The molecule has 2 aromatic carbocycles. The molecule has 2 N–H and O–H groups in total. The number of aromatic nitrogens is 3. The van der Waals surface area contributed by atoms with E-state index < -0.39 is 0 Å². The number of fused-ring (bicyclic) bond motifs is 1. The van der Waals surface area contributed by atoms with Gasteiger partial charge in [0.15, 0.2) is 5.69 Å². The Labute approximate surface area is 215 Å². The van der Waals surface area contributed by atoms with Crippen LogP contribution in [0.2, 0.25) is 0 Å². The van der Waals surface area contributed by atoms with Gasteiger partial charge < -0.3 is 14.5 Å². The van der Waals surface area contributed by atoms with Crippen molar-refractivity contribution in [1.29, 1.82) is 5.26 Å². The lowest BCUT2D eigenvalue weighted by Gasteiger charge is -2.37. The van der Waals surface area contributed by atoms with Crippen molar-refractivity contribution in [1.82, 2.24) is 14.8 Å². The molecule has 1 aliphatic heterocycles. The van der Waals surface area contributed by atoms with E-state index in [1.807, 2.05) is 68.3 Å². The van der Waals surface area contributed by atoms with E-state index in [9.17, 15) is 5.26 Å². The average molecular weight is 500 g/mol. The van der Waals surface area contributed by atoms with E-state index in [1.165, 1.54) is 11.9 Å². The summed E-state index contributed by atoms with van der Waals surface area (Å²) >= 11 is 1.18. The summed E-state index contributed by atoms with van der Waals surface area (Å²) in [5.41, 5.74) is 5.35. The minimum Gasteiger partial charge on any atom is -0.485 e. The summed E-state index contributed by atoms with van der Waals surface area (Å²) in [5.74, 6) is 0.750. The van der Waals surface area contributed by atoms with E-state index in [1.54, 1.807) is 0 Å². The second-order valence-electron chi connectivity index (χ2n) is 9.06. The number of benzene rings is 2. The van der Waals surface area contributed by atoms with Crippen LogP contribution in [0.3, 0.4) is 0 Å². The van der Waals surface area contributed by atoms with Gasteiger partial charge in [0.2, 0.25) is 0 Å². The van der Waals surface area contributed by atoms with Gasteiger partial charge >= 0.3 is 0 Å². The molecule has 2 aromatic heterocycles. The lowest BCUT2D eigenvalue weighted by Crippen LogP contribution is -2.46. The SMILES string of the molecule is Cc1cc(C(C)Oc2ccccc2SN)c2cc(N3CCN(c4cnn(C)c4)CC3)c(C#N)nc2c1. The van der Waals surface area contributed by atoms with Crippen molar-refractivity contribution >= 4 is 34.2 Å². The first kappa shape index (κ1) is 24.0. The summed E-state index contributed by atoms with van der Waals surface area (Å²) in [4.78, 5) is 10.3. The molecule has 36 heavy (non-hydrogen) atoms. The van der Waals surface area contributed by atoms with Crippen LogP contribution in [0, 0.1) is 18.3 Å². The van der Waals surface area contributed by atoms with Crippen LogP contribution in [0.25, 0.3) is 10.9 Å². The van der Waals surface area contributed by atoms with Crippen molar-refractivity contribution in [2.24, 2.45) is 12.2 Å². The van der Waals surface area contributed by atoms with E-state index in [2.05, 4.69) is 33.1 Å².